The van der Waals surface area contributed by atoms with Crippen molar-refractivity contribution in [2.45, 2.75) is 31.2 Å². The van der Waals surface area contributed by atoms with E-state index in [1.807, 2.05) is 18.2 Å². The number of nitrogens with one attached hydrogen (secondary N) is 3. The van der Waals surface area contributed by atoms with Gasteiger partial charge >= 0.3 is 0 Å². The molecule has 0 unspecified atom stereocenters. The average Bonchev–Trinajstić information content (AvgIpc) is 3.14. The van der Waals surface area contributed by atoms with E-state index in [0.717, 1.165) is 11.8 Å². The Morgan fingerprint density at radius 1 is 0.886 bits per heavy atom. The maximum absolute atomic E-state index is 12.8. The first kappa shape index (κ1) is 24.6. The fourth-order valence-electron chi connectivity index (χ4n) is 3.47. The number of aromatic nitrogens is 3. The second kappa shape index (κ2) is 8.95. The molecule has 0 saturated carbocycles. The number of rotatable bonds is 7. The topological polar surface area (TPSA) is 135 Å². The van der Waals surface area contributed by atoms with Crippen LogP contribution in [0.4, 0.5) is 17.3 Å². The Hall–Kier alpha value is -3.48. The number of hydrogen-bond acceptors (Lipinski definition) is 7. The van der Waals surface area contributed by atoms with Crippen molar-refractivity contribution in [3.8, 4) is 11.3 Å². The lowest BCUT2D eigenvalue weighted by Gasteiger charge is -2.20. The fraction of sp³-hybridized carbons (Fsp3) is 0.217. The molecule has 0 fully saturated rings. The summed E-state index contributed by atoms with van der Waals surface area (Å²) in [6.07, 6.45) is 2.72. The quantitative estimate of drug-likeness (QED) is 0.343. The van der Waals surface area contributed by atoms with Crippen LogP contribution in [0, 0.1) is 0 Å². The minimum atomic E-state index is -3.70. The Kier molecular flexibility index (Phi) is 6.30. The standard InChI is InChI=1S/C23H26N6O4S2/c1-23(2,3)28-35(32,33)20-10-5-7-16(13-20)21-12-11-19-15-24-22(26-29(19)21)25-17-8-6-9-18(14-17)27-34(4,30)31/h5-15,27-28H,1-4H3,(H,25,26). The lowest BCUT2D eigenvalue weighted by atomic mass is 10.1. The number of anilines is 3. The summed E-state index contributed by atoms with van der Waals surface area (Å²) in [7, 11) is -7.11. The Bertz CT molecular complexity index is 1610. The van der Waals surface area contributed by atoms with Gasteiger partial charge in [-0.3, -0.25) is 4.72 Å². The van der Waals surface area contributed by atoms with Crippen LogP contribution in [0.5, 0.6) is 0 Å². The van der Waals surface area contributed by atoms with Gasteiger partial charge in [0.25, 0.3) is 0 Å². The van der Waals surface area contributed by atoms with Crippen LogP contribution in [0.25, 0.3) is 16.8 Å². The van der Waals surface area contributed by atoms with E-state index < -0.39 is 25.6 Å². The summed E-state index contributed by atoms with van der Waals surface area (Å²) >= 11 is 0. The van der Waals surface area contributed by atoms with Gasteiger partial charge in [0.05, 0.1) is 34.2 Å². The van der Waals surface area contributed by atoms with Gasteiger partial charge in [0.15, 0.2) is 0 Å². The molecular weight excluding hydrogens is 488 g/mol. The molecule has 0 aliphatic heterocycles. The number of nitrogens with zero attached hydrogens (tertiary/aromatic N) is 3. The summed E-state index contributed by atoms with van der Waals surface area (Å²) < 4.78 is 55.4. The molecule has 4 rings (SSSR count). The van der Waals surface area contributed by atoms with Crippen molar-refractivity contribution in [2.75, 3.05) is 16.3 Å². The molecule has 0 spiro atoms. The van der Waals surface area contributed by atoms with Gasteiger partial charge in [-0.15, -0.1) is 5.10 Å². The Balaban J connectivity index is 1.67. The molecule has 12 heteroatoms. The van der Waals surface area contributed by atoms with E-state index in [2.05, 4.69) is 24.8 Å². The molecule has 35 heavy (non-hydrogen) atoms. The monoisotopic (exact) mass is 514 g/mol. The average molecular weight is 515 g/mol. The highest BCUT2D eigenvalue weighted by atomic mass is 32.2. The van der Waals surface area contributed by atoms with Crippen LogP contribution in [0.3, 0.4) is 0 Å². The number of sulfonamides is 2. The van der Waals surface area contributed by atoms with Crippen LogP contribution < -0.4 is 14.8 Å². The van der Waals surface area contributed by atoms with E-state index in [9.17, 15) is 16.8 Å². The molecule has 0 saturated heterocycles. The van der Waals surface area contributed by atoms with Gasteiger partial charge in [0.2, 0.25) is 26.0 Å². The predicted molar refractivity (Wildman–Crippen MR) is 137 cm³/mol. The molecule has 0 bridgehead atoms. The summed E-state index contributed by atoms with van der Waals surface area (Å²) in [5.41, 5.74) is 2.46. The Labute approximate surface area is 204 Å². The van der Waals surface area contributed by atoms with Crippen molar-refractivity contribution < 1.29 is 16.8 Å². The third-order valence-electron chi connectivity index (χ3n) is 4.70. The van der Waals surface area contributed by atoms with E-state index in [1.54, 1.807) is 73.9 Å². The highest BCUT2D eigenvalue weighted by Crippen LogP contribution is 2.26. The molecule has 4 aromatic rings. The number of hydrogen-bond donors (Lipinski definition) is 3. The zero-order valence-electron chi connectivity index (χ0n) is 19.6. The maximum Gasteiger partial charge on any atom is 0.245 e. The van der Waals surface area contributed by atoms with Crippen molar-refractivity contribution in [1.29, 1.82) is 0 Å². The van der Waals surface area contributed by atoms with Crippen LogP contribution in [0.2, 0.25) is 0 Å². The van der Waals surface area contributed by atoms with Gasteiger partial charge in [-0.25, -0.2) is 31.1 Å². The van der Waals surface area contributed by atoms with E-state index in [4.69, 9.17) is 0 Å². The molecule has 0 aliphatic carbocycles. The van der Waals surface area contributed by atoms with E-state index in [0.29, 0.717) is 22.6 Å². The second-order valence-corrected chi connectivity index (χ2v) is 12.5. The third-order valence-corrected chi connectivity index (χ3v) is 7.06. The lowest BCUT2D eigenvalue weighted by Crippen LogP contribution is -2.40. The highest BCUT2D eigenvalue weighted by Gasteiger charge is 2.22. The highest BCUT2D eigenvalue weighted by molar-refractivity contribution is 7.92. The molecule has 3 N–H and O–H groups in total. The molecule has 0 amide bonds. The molecule has 0 atom stereocenters. The molecule has 10 nitrogen and oxygen atoms in total. The summed E-state index contributed by atoms with van der Waals surface area (Å²) in [4.78, 5) is 4.48. The largest absolute Gasteiger partial charge is 0.323 e. The fourth-order valence-corrected chi connectivity index (χ4v) is 5.48. The number of benzene rings is 2. The third kappa shape index (κ3) is 6.15. The summed E-state index contributed by atoms with van der Waals surface area (Å²) in [6.45, 7) is 5.36. The van der Waals surface area contributed by atoms with Crippen LogP contribution in [0.1, 0.15) is 20.8 Å². The van der Waals surface area contributed by atoms with Gasteiger partial charge < -0.3 is 5.32 Å². The van der Waals surface area contributed by atoms with Gasteiger partial charge in [0, 0.05) is 16.8 Å². The summed E-state index contributed by atoms with van der Waals surface area (Å²) in [5, 5.41) is 7.62. The zero-order chi connectivity index (χ0) is 25.4. The first-order valence-corrected chi connectivity index (χ1v) is 14.0. The van der Waals surface area contributed by atoms with E-state index >= 15 is 0 Å². The van der Waals surface area contributed by atoms with Crippen LogP contribution in [0.15, 0.2) is 71.8 Å². The predicted octanol–water partition coefficient (Wildman–Crippen LogP) is 3.59. The van der Waals surface area contributed by atoms with Crippen LogP contribution in [-0.2, 0) is 20.0 Å². The molecule has 2 heterocycles. The molecule has 2 aromatic carbocycles. The lowest BCUT2D eigenvalue weighted by molar-refractivity contribution is 0.491. The summed E-state index contributed by atoms with van der Waals surface area (Å²) in [5.74, 6) is 0.282. The molecule has 184 valence electrons. The first-order valence-electron chi connectivity index (χ1n) is 10.6. The van der Waals surface area contributed by atoms with Crippen molar-refractivity contribution >= 4 is 42.9 Å². The van der Waals surface area contributed by atoms with Gasteiger partial charge in [0.1, 0.15) is 0 Å². The van der Waals surface area contributed by atoms with Gasteiger partial charge in [-0.05, 0) is 63.2 Å². The molecular formula is C23H26N6O4S2. The first-order chi connectivity index (χ1) is 16.3. The minimum Gasteiger partial charge on any atom is -0.323 e. The number of fused-ring (bicyclic) bond motifs is 1. The summed E-state index contributed by atoms with van der Waals surface area (Å²) in [6, 6.07) is 17.1. The smallest absolute Gasteiger partial charge is 0.245 e. The Morgan fingerprint density at radius 3 is 2.31 bits per heavy atom. The molecule has 2 aromatic heterocycles. The van der Waals surface area contributed by atoms with Crippen molar-refractivity contribution in [3.63, 3.8) is 0 Å². The van der Waals surface area contributed by atoms with Gasteiger partial charge in [-0.1, -0.05) is 18.2 Å². The molecule has 0 aliphatic rings. The minimum absolute atomic E-state index is 0.155. The maximum atomic E-state index is 12.8. The normalized spacial score (nSPS) is 12.6. The van der Waals surface area contributed by atoms with E-state index in [-0.39, 0.29) is 10.8 Å². The van der Waals surface area contributed by atoms with E-state index in [1.165, 1.54) is 0 Å². The van der Waals surface area contributed by atoms with Gasteiger partial charge in [-0.2, -0.15) is 0 Å². The van der Waals surface area contributed by atoms with Crippen molar-refractivity contribution in [2.24, 2.45) is 0 Å². The zero-order valence-corrected chi connectivity index (χ0v) is 21.3. The Morgan fingerprint density at radius 2 is 1.60 bits per heavy atom. The SMILES string of the molecule is CC(C)(C)NS(=O)(=O)c1cccc(-c2ccc3cnc(Nc4cccc(NS(C)(=O)=O)c4)nn23)c1. The second-order valence-electron chi connectivity index (χ2n) is 9.10. The molecule has 0 radical (unpaired) electrons. The van der Waals surface area contributed by atoms with Crippen molar-refractivity contribution in [1.82, 2.24) is 19.3 Å². The van der Waals surface area contributed by atoms with Crippen LogP contribution in [-0.4, -0.2) is 43.2 Å². The van der Waals surface area contributed by atoms with Crippen LogP contribution >= 0.6 is 0 Å². The van der Waals surface area contributed by atoms with Crippen molar-refractivity contribution in [3.05, 3.63) is 66.9 Å².